The third-order valence-corrected chi connectivity index (χ3v) is 12.9. The first-order valence-corrected chi connectivity index (χ1v) is 26.7. The van der Waals surface area contributed by atoms with E-state index in [0.717, 1.165) is 25.7 Å². The zero-order valence-electron chi connectivity index (χ0n) is 39.4. The lowest BCUT2D eigenvalue weighted by Crippen LogP contribution is -2.45. The van der Waals surface area contributed by atoms with Crippen LogP contribution in [0.5, 0.6) is 0 Å². The Bertz CT molecular complexity index is 744. The number of rotatable bonds is 50. The van der Waals surface area contributed by atoms with Crippen LogP contribution in [0.4, 0.5) is 0 Å². The molecule has 0 spiro atoms. The van der Waals surface area contributed by atoms with E-state index in [2.05, 4.69) is 19.2 Å². The molecule has 0 fully saturated rings. The van der Waals surface area contributed by atoms with Crippen LogP contribution in [-0.2, 0) is 4.79 Å². The average Bonchev–Trinajstić information content (AvgIpc) is 3.22. The van der Waals surface area contributed by atoms with Gasteiger partial charge in [-0.2, -0.15) is 0 Å². The van der Waals surface area contributed by atoms with Crippen molar-refractivity contribution in [2.45, 2.75) is 328 Å². The summed E-state index contributed by atoms with van der Waals surface area (Å²) in [6.07, 6.45) is 62.3. The van der Waals surface area contributed by atoms with E-state index in [1.807, 2.05) is 0 Å². The highest BCUT2D eigenvalue weighted by atomic mass is 16.3. The molecule has 0 saturated heterocycles. The van der Waals surface area contributed by atoms with E-state index in [4.69, 9.17) is 0 Å². The van der Waals surface area contributed by atoms with Crippen molar-refractivity contribution in [3.05, 3.63) is 0 Å². The third kappa shape index (κ3) is 46.3. The fourth-order valence-electron chi connectivity index (χ4n) is 8.78. The van der Waals surface area contributed by atoms with Gasteiger partial charge in [0.05, 0.1) is 18.8 Å². The monoisotopic (exact) mass is 806 g/mol. The van der Waals surface area contributed by atoms with Gasteiger partial charge in [0.15, 0.2) is 0 Å². The molecular formula is C53H107NO3. The molecular weight excluding hydrogens is 699 g/mol. The molecule has 0 aliphatic rings. The van der Waals surface area contributed by atoms with E-state index in [9.17, 15) is 15.0 Å². The molecule has 1 amide bonds. The number of aliphatic hydroxyl groups excluding tert-OH is 2. The molecule has 0 saturated carbocycles. The summed E-state index contributed by atoms with van der Waals surface area (Å²) in [5, 5.41) is 23.2. The summed E-state index contributed by atoms with van der Waals surface area (Å²) in [4.78, 5) is 12.4. The minimum Gasteiger partial charge on any atom is -0.394 e. The summed E-state index contributed by atoms with van der Waals surface area (Å²) in [5.41, 5.74) is 0. The van der Waals surface area contributed by atoms with E-state index < -0.39 is 12.1 Å². The number of carbonyl (C=O) groups is 1. The summed E-state index contributed by atoms with van der Waals surface area (Å²) in [6, 6.07) is -0.529. The van der Waals surface area contributed by atoms with Crippen molar-refractivity contribution >= 4 is 5.91 Å². The maximum absolute atomic E-state index is 12.4. The van der Waals surface area contributed by atoms with Crippen LogP contribution in [0.2, 0.25) is 0 Å². The second-order valence-electron chi connectivity index (χ2n) is 18.7. The van der Waals surface area contributed by atoms with E-state index in [1.54, 1.807) is 0 Å². The lowest BCUT2D eigenvalue weighted by Gasteiger charge is -2.22. The van der Waals surface area contributed by atoms with Crippen LogP contribution >= 0.6 is 0 Å². The highest BCUT2D eigenvalue weighted by Crippen LogP contribution is 2.18. The molecule has 0 unspecified atom stereocenters. The molecule has 4 nitrogen and oxygen atoms in total. The molecule has 0 aromatic heterocycles. The standard InChI is InChI=1S/C53H107NO3/c1-3-5-7-9-11-13-15-17-18-19-20-21-22-23-24-25-26-27-28-29-30-31-32-33-34-35-37-39-41-43-45-47-49-53(57)54-51(50-55)52(56)48-46-44-42-40-38-36-16-14-12-10-8-6-4-2/h51-52,55-56H,3-50H2,1-2H3,(H,54,57)/t51-,52+/m0/s1. The predicted molar refractivity (Wildman–Crippen MR) is 253 cm³/mol. The quantitative estimate of drug-likeness (QED) is 0.0536. The van der Waals surface area contributed by atoms with E-state index in [-0.39, 0.29) is 12.5 Å². The molecule has 57 heavy (non-hydrogen) atoms. The second kappa shape index (κ2) is 49.8. The van der Waals surface area contributed by atoms with Crippen LogP contribution in [0, 0.1) is 0 Å². The third-order valence-electron chi connectivity index (χ3n) is 12.9. The van der Waals surface area contributed by atoms with Crippen molar-refractivity contribution in [2.75, 3.05) is 6.61 Å². The summed E-state index contributed by atoms with van der Waals surface area (Å²) in [6.45, 7) is 4.39. The van der Waals surface area contributed by atoms with Gasteiger partial charge >= 0.3 is 0 Å². The molecule has 0 radical (unpaired) electrons. The summed E-state index contributed by atoms with van der Waals surface area (Å²) in [5.74, 6) is -0.0240. The van der Waals surface area contributed by atoms with Gasteiger partial charge in [-0.15, -0.1) is 0 Å². The minimum atomic E-state index is -0.653. The highest BCUT2D eigenvalue weighted by molar-refractivity contribution is 5.76. The first kappa shape index (κ1) is 56.4. The number of hydrogen-bond acceptors (Lipinski definition) is 3. The summed E-state index contributed by atoms with van der Waals surface area (Å²) >= 11 is 0. The summed E-state index contributed by atoms with van der Waals surface area (Å²) < 4.78 is 0. The molecule has 342 valence electrons. The van der Waals surface area contributed by atoms with Gasteiger partial charge in [0.25, 0.3) is 0 Å². The Kier molecular flexibility index (Phi) is 49.2. The Morgan fingerprint density at radius 3 is 0.789 bits per heavy atom. The molecule has 0 aromatic rings. The number of unbranched alkanes of at least 4 members (excludes halogenated alkanes) is 43. The number of carbonyl (C=O) groups excluding carboxylic acids is 1. The van der Waals surface area contributed by atoms with Crippen molar-refractivity contribution in [2.24, 2.45) is 0 Å². The van der Waals surface area contributed by atoms with Crippen molar-refractivity contribution in [3.8, 4) is 0 Å². The van der Waals surface area contributed by atoms with Gasteiger partial charge in [-0.3, -0.25) is 4.79 Å². The lowest BCUT2D eigenvalue weighted by molar-refractivity contribution is -0.123. The molecule has 0 aliphatic heterocycles. The van der Waals surface area contributed by atoms with Crippen LogP contribution in [0.1, 0.15) is 316 Å². The van der Waals surface area contributed by atoms with Crippen LogP contribution in [0.25, 0.3) is 0 Å². The Hall–Kier alpha value is -0.610. The number of hydrogen-bond donors (Lipinski definition) is 3. The second-order valence-corrected chi connectivity index (χ2v) is 18.7. The topological polar surface area (TPSA) is 69.6 Å². The van der Waals surface area contributed by atoms with Gasteiger partial charge in [-0.25, -0.2) is 0 Å². The van der Waals surface area contributed by atoms with Crippen molar-refractivity contribution in [1.82, 2.24) is 5.32 Å². The fourth-order valence-corrected chi connectivity index (χ4v) is 8.78. The smallest absolute Gasteiger partial charge is 0.220 e. The SMILES string of the molecule is CCCCCCCCCCCCCCCCCCCCCCCCCCCCCCCCCCC(=O)N[C@@H](CO)[C@H](O)CCCCCCCCCCCCCCC. The van der Waals surface area contributed by atoms with Gasteiger partial charge in [0.1, 0.15) is 0 Å². The van der Waals surface area contributed by atoms with Crippen molar-refractivity contribution in [1.29, 1.82) is 0 Å². The first-order chi connectivity index (χ1) is 28.2. The highest BCUT2D eigenvalue weighted by Gasteiger charge is 2.20. The minimum absolute atomic E-state index is 0.0240. The molecule has 2 atom stereocenters. The van der Waals surface area contributed by atoms with Crippen LogP contribution < -0.4 is 5.32 Å². The predicted octanol–water partition coefficient (Wildman–Crippen LogP) is 17.2. The van der Waals surface area contributed by atoms with Crippen LogP contribution in [0.3, 0.4) is 0 Å². The first-order valence-electron chi connectivity index (χ1n) is 26.7. The van der Waals surface area contributed by atoms with Gasteiger partial charge in [0.2, 0.25) is 5.91 Å². The zero-order chi connectivity index (χ0) is 41.4. The molecule has 3 N–H and O–H groups in total. The van der Waals surface area contributed by atoms with E-state index in [0.29, 0.717) is 12.8 Å². The van der Waals surface area contributed by atoms with E-state index >= 15 is 0 Å². The number of nitrogens with one attached hydrogen (secondary N) is 1. The maximum Gasteiger partial charge on any atom is 0.220 e. The normalized spacial score (nSPS) is 12.7. The van der Waals surface area contributed by atoms with Gasteiger partial charge in [0, 0.05) is 6.42 Å². The van der Waals surface area contributed by atoms with Gasteiger partial charge < -0.3 is 15.5 Å². The molecule has 0 aromatic carbocycles. The molecule has 4 heteroatoms. The number of aliphatic hydroxyl groups is 2. The Morgan fingerprint density at radius 2 is 0.561 bits per heavy atom. The molecule has 0 aliphatic carbocycles. The van der Waals surface area contributed by atoms with Gasteiger partial charge in [-0.1, -0.05) is 296 Å². The zero-order valence-corrected chi connectivity index (χ0v) is 39.4. The Balaban J connectivity index is 3.35. The Morgan fingerprint density at radius 1 is 0.351 bits per heavy atom. The van der Waals surface area contributed by atoms with Crippen LogP contribution in [0.15, 0.2) is 0 Å². The average molecular weight is 806 g/mol. The molecule has 0 bridgehead atoms. The Labute approximate surface area is 359 Å². The largest absolute Gasteiger partial charge is 0.394 e. The lowest BCUT2D eigenvalue weighted by atomic mass is 10.0. The van der Waals surface area contributed by atoms with Crippen LogP contribution in [-0.4, -0.2) is 34.9 Å². The summed E-state index contributed by atoms with van der Waals surface area (Å²) in [7, 11) is 0. The molecule has 0 heterocycles. The van der Waals surface area contributed by atoms with Crippen molar-refractivity contribution in [3.63, 3.8) is 0 Å². The van der Waals surface area contributed by atoms with Crippen molar-refractivity contribution < 1.29 is 15.0 Å². The van der Waals surface area contributed by atoms with E-state index in [1.165, 1.54) is 263 Å². The van der Waals surface area contributed by atoms with Gasteiger partial charge in [-0.05, 0) is 12.8 Å². The fraction of sp³-hybridized carbons (Fsp3) is 0.981. The molecule has 0 rings (SSSR count). The number of amides is 1. The maximum atomic E-state index is 12.4.